The summed E-state index contributed by atoms with van der Waals surface area (Å²) in [5.74, 6) is 0. The third-order valence-electron chi connectivity index (χ3n) is 4.20. The van der Waals surface area contributed by atoms with E-state index in [9.17, 15) is 8.42 Å². The third-order valence-corrected chi connectivity index (χ3v) is 7.48. The molecule has 124 valence electrons. The first-order valence-electron chi connectivity index (χ1n) is 7.68. The minimum atomic E-state index is -3.58. The van der Waals surface area contributed by atoms with Crippen LogP contribution in [0.2, 0.25) is 5.02 Å². The average Bonchev–Trinajstić information content (AvgIpc) is 3.21. The van der Waals surface area contributed by atoms with Crippen molar-refractivity contribution in [2.75, 3.05) is 6.54 Å². The summed E-state index contributed by atoms with van der Waals surface area (Å²) < 4.78 is 28.7. The highest BCUT2D eigenvalue weighted by molar-refractivity contribution is 7.89. The number of nitrogens with zero attached hydrogens (tertiary/aromatic N) is 2. The lowest BCUT2D eigenvalue weighted by Gasteiger charge is -2.22. The molecule has 0 unspecified atom stereocenters. The predicted molar refractivity (Wildman–Crippen MR) is 96.9 cm³/mol. The summed E-state index contributed by atoms with van der Waals surface area (Å²) in [5, 5.41) is 1.28. The van der Waals surface area contributed by atoms with Crippen LogP contribution in [0.3, 0.4) is 0 Å². The summed E-state index contributed by atoms with van der Waals surface area (Å²) in [6.45, 7) is 0.509. The van der Waals surface area contributed by atoms with E-state index in [1.165, 1.54) is 6.07 Å². The molecular weight excluding hydrogens is 364 g/mol. The van der Waals surface area contributed by atoms with Gasteiger partial charge in [-0.25, -0.2) is 13.4 Å². The zero-order valence-electron chi connectivity index (χ0n) is 12.7. The van der Waals surface area contributed by atoms with Crippen LogP contribution in [-0.4, -0.2) is 24.3 Å². The summed E-state index contributed by atoms with van der Waals surface area (Å²) >= 11 is 7.54. The molecule has 7 heteroatoms. The zero-order chi connectivity index (χ0) is 16.7. The van der Waals surface area contributed by atoms with Gasteiger partial charge in [0.2, 0.25) is 10.0 Å². The Bertz CT molecular complexity index is 968. The molecule has 4 nitrogen and oxygen atoms in total. The number of benzene rings is 2. The fraction of sp³-hybridized carbons (Fsp3) is 0.235. The van der Waals surface area contributed by atoms with Gasteiger partial charge in [0.25, 0.3) is 0 Å². The first-order valence-corrected chi connectivity index (χ1v) is 10.3. The van der Waals surface area contributed by atoms with E-state index >= 15 is 0 Å². The molecule has 0 spiro atoms. The molecule has 24 heavy (non-hydrogen) atoms. The number of fused-ring (bicyclic) bond motifs is 1. The van der Waals surface area contributed by atoms with Crippen molar-refractivity contribution in [2.45, 2.75) is 23.8 Å². The largest absolute Gasteiger partial charge is 0.243 e. The Labute approximate surface area is 149 Å². The molecule has 0 bridgehead atoms. The number of para-hydroxylation sites is 1. The lowest BCUT2D eigenvalue weighted by atomic mass is 10.2. The van der Waals surface area contributed by atoms with Crippen molar-refractivity contribution in [3.63, 3.8) is 0 Å². The molecule has 1 aliphatic rings. The maximum Gasteiger partial charge on any atom is 0.243 e. The molecule has 1 aromatic heterocycles. The van der Waals surface area contributed by atoms with Crippen LogP contribution in [0, 0.1) is 0 Å². The molecule has 3 aromatic rings. The van der Waals surface area contributed by atoms with Crippen molar-refractivity contribution < 1.29 is 8.42 Å². The monoisotopic (exact) mass is 378 g/mol. The van der Waals surface area contributed by atoms with E-state index in [-0.39, 0.29) is 10.9 Å². The van der Waals surface area contributed by atoms with Crippen molar-refractivity contribution in [1.29, 1.82) is 0 Å². The van der Waals surface area contributed by atoms with Crippen LogP contribution >= 0.6 is 22.9 Å². The summed E-state index contributed by atoms with van der Waals surface area (Å²) in [4.78, 5) is 4.89. The zero-order valence-corrected chi connectivity index (χ0v) is 15.1. The number of hydrogen-bond donors (Lipinski definition) is 0. The molecule has 2 aromatic carbocycles. The predicted octanol–water partition coefficient (Wildman–Crippen LogP) is 4.48. The second-order valence-electron chi connectivity index (χ2n) is 5.75. The molecule has 1 aliphatic heterocycles. The van der Waals surface area contributed by atoms with Crippen molar-refractivity contribution in [2.24, 2.45) is 0 Å². The molecule has 2 heterocycles. The van der Waals surface area contributed by atoms with Crippen molar-refractivity contribution >= 4 is 43.2 Å². The normalized spacial score (nSPS) is 19.1. The van der Waals surface area contributed by atoms with E-state index in [0.29, 0.717) is 11.6 Å². The van der Waals surface area contributed by atoms with Gasteiger partial charge < -0.3 is 0 Å². The molecule has 0 saturated carbocycles. The van der Waals surface area contributed by atoms with E-state index in [2.05, 4.69) is 4.98 Å². The van der Waals surface area contributed by atoms with Gasteiger partial charge in [0.15, 0.2) is 0 Å². The number of hydrogen-bond acceptors (Lipinski definition) is 4. The Balaban J connectivity index is 1.74. The van der Waals surface area contributed by atoms with Crippen molar-refractivity contribution in [1.82, 2.24) is 9.29 Å². The van der Waals surface area contributed by atoms with Crippen molar-refractivity contribution in [3.05, 3.63) is 58.6 Å². The standard InChI is InChI=1S/C17H15ClN2O2S2/c18-12-5-3-6-13(11-12)24(21,22)20-10-4-8-15(20)17-19-14-7-1-2-9-16(14)23-17/h1-3,5-7,9,11,15H,4,8,10H2/t15-/m0/s1. The van der Waals surface area contributed by atoms with Crippen molar-refractivity contribution in [3.8, 4) is 0 Å². The molecule has 4 rings (SSSR count). The molecule has 0 N–H and O–H groups in total. The smallest absolute Gasteiger partial charge is 0.239 e. The number of aromatic nitrogens is 1. The number of rotatable bonds is 3. The van der Waals surface area contributed by atoms with Crippen LogP contribution in [-0.2, 0) is 10.0 Å². The Hall–Kier alpha value is -1.47. The molecule has 1 fully saturated rings. The minimum absolute atomic E-state index is 0.202. The Morgan fingerprint density at radius 1 is 1.17 bits per heavy atom. The van der Waals surface area contributed by atoms with Gasteiger partial charge in [-0.2, -0.15) is 4.31 Å². The first kappa shape index (κ1) is 16.0. The fourth-order valence-corrected chi connectivity index (χ4v) is 6.21. The summed E-state index contributed by atoms with van der Waals surface area (Å²) in [5.41, 5.74) is 0.921. The minimum Gasteiger partial charge on any atom is -0.239 e. The maximum atomic E-state index is 13.0. The number of halogens is 1. The van der Waals surface area contributed by atoms with E-state index in [4.69, 9.17) is 11.6 Å². The highest BCUT2D eigenvalue weighted by atomic mass is 35.5. The molecule has 0 amide bonds. The molecule has 0 radical (unpaired) electrons. The first-order chi connectivity index (χ1) is 11.6. The number of sulfonamides is 1. The van der Waals surface area contributed by atoms with Crippen LogP contribution in [0.1, 0.15) is 23.9 Å². The van der Waals surface area contributed by atoms with Gasteiger partial charge in [0.1, 0.15) is 5.01 Å². The summed E-state index contributed by atoms with van der Waals surface area (Å²) in [6, 6.07) is 14.1. The van der Waals surface area contributed by atoms with Crippen LogP contribution in [0.4, 0.5) is 0 Å². The Kier molecular flexibility index (Phi) is 4.08. The van der Waals surface area contributed by atoms with Gasteiger partial charge in [-0.1, -0.05) is 29.8 Å². The molecule has 1 saturated heterocycles. The van der Waals surface area contributed by atoms with Crippen LogP contribution in [0.25, 0.3) is 10.2 Å². The van der Waals surface area contributed by atoms with E-state index < -0.39 is 10.0 Å². The molecular formula is C17H15ClN2O2S2. The van der Waals surface area contributed by atoms with Gasteiger partial charge in [-0.15, -0.1) is 11.3 Å². The van der Waals surface area contributed by atoms with E-state index in [1.807, 2.05) is 24.3 Å². The van der Waals surface area contributed by atoms with Gasteiger partial charge in [-0.3, -0.25) is 0 Å². The van der Waals surface area contributed by atoms with Gasteiger partial charge >= 0.3 is 0 Å². The van der Waals surface area contributed by atoms with Gasteiger partial charge in [-0.05, 0) is 43.2 Å². The number of thiazole rings is 1. The topological polar surface area (TPSA) is 50.3 Å². The fourth-order valence-electron chi connectivity index (χ4n) is 3.07. The lowest BCUT2D eigenvalue weighted by molar-refractivity contribution is 0.396. The Morgan fingerprint density at radius 2 is 2.00 bits per heavy atom. The molecule has 1 atom stereocenters. The maximum absolute atomic E-state index is 13.0. The van der Waals surface area contributed by atoms with Crippen LogP contribution in [0.5, 0.6) is 0 Å². The average molecular weight is 379 g/mol. The quantitative estimate of drug-likeness (QED) is 0.675. The Morgan fingerprint density at radius 3 is 2.79 bits per heavy atom. The van der Waals surface area contributed by atoms with Gasteiger partial charge in [0, 0.05) is 11.6 Å². The van der Waals surface area contributed by atoms with Gasteiger partial charge in [0.05, 0.1) is 21.2 Å². The highest BCUT2D eigenvalue weighted by Crippen LogP contribution is 2.39. The third kappa shape index (κ3) is 2.73. The van der Waals surface area contributed by atoms with Crippen LogP contribution in [0.15, 0.2) is 53.4 Å². The SMILES string of the molecule is O=S(=O)(c1cccc(Cl)c1)N1CCC[C@H]1c1nc2ccccc2s1. The summed E-state index contributed by atoms with van der Waals surface area (Å²) in [6.07, 6.45) is 1.63. The highest BCUT2D eigenvalue weighted by Gasteiger charge is 2.37. The summed E-state index contributed by atoms with van der Waals surface area (Å²) in [7, 11) is -3.58. The van der Waals surface area contributed by atoms with E-state index in [1.54, 1.807) is 33.8 Å². The van der Waals surface area contributed by atoms with Crippen LogP contribution < -0.4 is 0 Å². The van der Waals surface area contributed by atoms with E-state index in [0.717, 1.165) is 28.1 Å². The lowest BCUT2D eigenvalue weighted by Crippen LogP contribution is -2.30. The second kappa shape index (κ2) is 6.11. The second-order valence-corrected chi connectivity index (χ2v) is 9.14. The molecule has 0 aliphatic carbocycles.